The number of halogens is 1. The zero-order valence-electron chi connectivity index (χ0n) is 9.11. The highest BCUT2D eigenvalue weighted by atomic mass is 79.9. The molecule has 2 rings (SSSR count). The number of likely N-dealkylation sites (tertiary alicyclic amines) is 1. The van der Waals surface area contributed by atoms with Crippen LogP contribution in [0.2, 0.25) is 0 Å². The Balaban J connectivity index is 2.01. The molecule has 1 aliphatic rings. The molecule has 1 amide bonds. The molecule has 2 heterocycles. The molecule has 0 aliphatic carbocycles. The van der Waals surface area contributed by atoms with Gasteiger partial charge in [-0.1, -0.05) is 0 Å². The van der Waals surface area contributed by atoms with Gasteiger partial charge < -0.3 is 10.2 Å². The Morgan fingerprint density at radius 1 is 1.69 bits per heavy atom. The van der Waals surface area contributed by atoms with Crippen LogP contribution >= 0.6 is 15.9 Å². The van der Waals surface area contributed by atoms with Crippen molar-refractivity contribution in [1.82, 2.24) is 15.2 Å². The molecule has 86 valence electrons. The monoisotopic (exact) mass is 283 g/mol. The van der Waals surface area contributed by atoms with Crippen LogP contribution in [0.4, 0.5) is 0 Å². The number of pyridine rings is 1. The van der Waals surface area contributed by atoms with Gasteiger partial charge in [0, 0.05) is 23.3 Å². The Morgan fingerprint density at radius 3 is 3.12 bits per heavy atom. The molecule has 1 saturated heterocycles. The number of aromatic nitrogens is 1. The summed E-state index contributed by atoms with van der Waals surface area (Å²) < 4.78 is 0.735. The molecule has 0 bridgehead atoms. The second kappa shape index (κ2) is 4.93. The van der Waals surface area contributed by atoms with Gasteiger partial charge in [-0.2, -0.15) is 0 Å². The van der Waals surface area contributed by atoms with Crippen LogP contribution in [0.15, 0.2) is 22.8 Å². The molecule has 1 unspecified atom stereocenters. The van der Waals surface area contributed by atoms with Crippen molar-refractivity contribution in [3.8, 4) is 0 Å². The number of hydrogen-bond donors (Lipinski definition) is 1. The van der Waals surface area contributed by atoms with Gasteiger partial charge >= 0.3 is 0 Å². The number of amides is 1. The van der Waals surface area contributed by atoms with Crippen molar-refractivity contribution in [2.75, 3.05) is 20.1 Å². The molecule has 1 fully saturated rings. The minimum absolute atomic E-state index is 0.104. The van der Waals surface area contributed by atoms with Crippen LogP contribution in [0.1, 0.15) is 16.9 Å². The summed E-state index contributed by atoms with van der Waals surface area (Å²) in [6.07, 6.45) is 2.63. The molecule has 0 saturated carbocycles. The summed E-state index contributed by atoms with van der Waals surface area (Å²) in [7, 11) is 2.06. The first-order chi connectivity index (χ1) is 7.66. The second-order valence-electron chi connectivity index (χ2n) is 4.06. The van der Waals surface area contributed by atoms with E-state index in [1.807, 2.05) is 6.07 Å². The van der Waals surface area contributed by atoms with Gasteiger partial charge in [0.2, 0.25) is 0 Å². The minimum Gasteiger partial charge on any atom is -0.347 e. The Labute approximate surface area is 103 Å². The number of nitrogens with one attached hydrogen (secondary N) is 1. The zero-order chi connectivity index (χ0) is 11.5. The zero-order valence-corrected chi connectivity index (χ0v) is 10.7. The molecule has 16 heavy (non-hydrogen) atoms. The van der Waals surface area contributed by atoms with E-state index in [9.17, 15) is 4.79 Å². The van der Waals surface area contributed by atoms with Crippen molar-refractivity contribution in [1.29, 1.82) is 0 Å². The summed E-state index contributed by atoms with van der Waals surface area (Å²) in [5.41, 5.74) is 0.456. The number of likely N-dealkylation sites (N-methyl/N-ethyl adjacent to an activating group) is 1. The largest absolute Gasteiger partial charge is 0.347 e. The Kier molecular flexibility index (Phi) is 3.56. The van der Waals surface area contributed by atoms with E-state index >= 15 is 0 Å². The molecule has 1 atom stereocenters. The van der Waals surface area contributed by atoms with Crippen molar-refractivity contribution in [3.05, 3.63) is 28.5 Å². The van der Waals surface area contributed by atoms with Gasteiger partial charge in [0.15, 0.2) is 0 Å². The molecule has 0 aromatic carbocycles. The van der Waals surface area contributed by atoms with Crippen LogP contribution in [-0.4, -0.2) is 42.0 Å². The van der Waals surface area contributed by atoms with Crippen molar-refractivity contribution < 1.29 is 4.79 Å². The third-order valence-corrected chi connectivity index (χ3v) is 3.34. The number of carbonyl (C=O) groups is 1. The number of rotatable bonds is 2. The van der Waals surface area contributed by atoms with Crippen LogP contribution in [0, 0.1) is 0 Å². The normalized spacial score (nSPS) is 21.0. The molecule has 0 radical (unpaired) electrons. The molecule has 5 heteroatoms. The highest BCUT2D eigenvalue weighted by molar-refractivity contribution is 9.10. The SMILES string of the molecule is CN1CCC(NC(=O)c2ncccc2Br)C1. The van der Waals surface area contributed by atoms with Crippen LogP contribution in [0.25, 0.3) is 0 Å². The molecule has 1 N–H and O–H groups in total. The van der Waals surface area contributed by atoms with Crippen LogP contribution < -0.4 is 5.32 Å². The second-order valence-corrected chi connectivity index (χ2v) is 4.91. The minimum atomic E-state index is -0.104. The smallest absolute Gasteiger partial charge is 0.271 e. The van der Waals surface area contributed by atoms with E-state index in [1.54, 1.807) is 12.3 Å². The van der Waals surface area contributed by atoms with Crippen molar-refractivity contribution in [2.24, 2.45) is 0 Å². The summed E-state index contributed by atoms with van der Waals surface area (Å²) in [6, 6.07) is 3.86. The van der Waals surface area contributed by atoms with E-state index in [4.69, 9.17) is 0 Å². The molecule has 0 spiro atoms. The van der Waals surface area contributed by atoms with Gasteiger partial charge in [-0.25, -0.2) is 4.98 Å². The predicted molar refractivity (Wildman–Crippen MR) is 65.3 cm³/mol. The van der Waals surface area contributed by atoms with Crippen molar-refractivity contribution >= 4 is 21.8 Å². The fourth-order valence-corrected chi connectivity index (χ4v) is 2.29. The van der Waals surface area contributed by atoms with E-state index in [0.29, 0.717) is 5.69 Å². The van der Waals surface area contributed by atoms with E-state index in [2.05, 4.69) is 38.2 Å². The quantitative estimate of drug-likeness (QED) is 0.889. The maximum absolute atomic E-state index is 11.9. The average molecular weight is 284 g/mol. The first kappa shape index (κ1) is 11.5. The number of carbonyl (C=O) groups excluding carboxylic acids is 1. The summed E-state index contributed by atoms with van der Waals surface area (Å²) in [5, 5.41) is 2.99. The van der Waals surface area contributed by atoms with Crippen molar-refractivity contribution in [2.45, 2.75) is 12.5 Å². The summed E-state index contributed by atoms with van der Waals surface area (Å²) in [4.78, 5) is 18.2. The van der Waals surface area contributed by atoms with Gasteiger partial charge in [0.25, 0.3) is 5.91 Å². The highest BCUT2D eigenvalue weighted by Gasteiger charge is 2.22. The third-order valence-electron chi connectivity index (χ3n) is 2.70. The van der Waals surface area contributed by atoms with Gasteiger partial charge in [-0.3, -0.25) is 4.79 Å². The Morgan fingerprint density at radius 2 is 2.50 bits per heavy atom. The Hall–Kier alpha value is -0.940. The van der Waals surface area contributed by atoms with Gasteiger partial charge in [-0.05, 0) is 48.1 Å². The topological polar surface area (TPSA) is 45.2 Å². The van der Waals surface area contributed by atoms with Gasteiger partial charge in [-0.15, -0.1) is 0 Å². The number of hydrogen-bond acceptors (Lipinski definition) is 3. The predicted octanol–water partition coefficient (Wildman–Crippen LogP) is 1.28. The lowest BCUT2D eigenvalue weighted by molar-refractivity contribution is 0.0932. The molecule has 4 nitrogen and oxygen atoms in total. The van der Waals surface area contributed by atoms with E-state index < -0.39 is 0 Å². The van der Waals surface area contributed by atoms with Gasteiger partial charge in [0.1, 0.15) is 5.69 Å². The lowest BCUT2D eigenvalue weighted by atomic mass is 10.2. The Bertz CT molecular complexity index is 397. The molecular weight excluding hydrogens is 270 g/mol. The summed E-state index contributed by atoms with van der Waals surface area (Å²) in [5.74, 6) is -0.104. The van der Waals surface area contributed by atoms with E-state index in [1.165, 1.54) is 0 Å². The van der Waals surface area contributed by atoms with E-state index in [0.717, 1.165) is 24.0 Å². The fraction of sp³-hybridized carbons (Fsp3) is 0.455. The highest BCUT2D eigenvalue weighted by Crippen LogP contribution is 2.14. The van der Waals surface area contributed by atoms with Gasteiger partial charge in [0.05, 0.1) is 0 Å². The summed E-state index contributed by atoms with van der Waals surface area (Å²) in [6.45, 7) is 1.95. The maximum atomic E-state index is 11.9. The fourth-order valence-electron chi connectivity index (χ4n) is 1.86. The van der Waals surface area contributed by atoms with Crippen LogP contribution in [0.3, 0.4) is 0 Å². The maximum Gasteiger partial charge on any atom is 0.271 e. The lowest BCUT2D eigenvalue weighted by Crippen LogP contribution is -2.37. The van der Waals surface area contributed by atoms with Crippen LogP contribution in [-0.2, 0) is 0 Å². The standard InChI is InChI=1S/C11H14BrN3O/c1-15-6-4-8(7-15)14-11(16)10-9(12)3-2-5-13-10/h2-3,5,8H,4,6-7H2,1H3,(H,14,16). The van der Waals surface area contributed by atoms with Crippen LogP contribution in [0.5, 0.6) is 0 Å². The molecule has 1 aromatic rings. The van der Waals surface area contributed by atoms with E-state index in [-0.39, 0.29) is 11.9 Å². The molecule has 1 aromatic heterocycles. The first-order valence-electron chi connectivity index (χ1n) is 5.27. The molecular formula is C11H14BrN3O. The number of nitrogens with zero attached hydrogens (tertiary/aromatic N) is 2. The summed E-state index contributed by atoms with van der Waals surface area (Å²) >= 11 is 3.32. The average Bonchev–Trinajstić information content (AvgIpc) is 2.64. The van der Waals surface area contributed by atoms with Crippen molar-refractivity contribution in [3.63, 3.8) is 0 Å². The lowest BCUT2D eigenvalue weighted by Gasteiger charge is -2.12. The first-order valence-corrected chi connectivity index (χ1v) is 6.06. The third kappa shape index (κ3) is 2.59. The molecule has 1 aliphatic heterocycles.